The molecule has 2 saturated heterocycles. The van der Waals surface area contributed by atoms with E-state index in [0.717, 1.165) is 35.2 Å². The molecule has 1 unspecified atom stereocenters. The van der Waals surface area contributed by atoms with Crippen molar-refractivity contribution < 1.29 is 23.9 Å². The number of imide groups is 1. The third kappa shape index (κ3) is 6.05. The number of hydrogen-bond acceptors (Lipinski definition) is 7. The van der Waals surface area contributed by atoms with Gasteiger partial charge >= 0.3 is 11.8 Å². The number of piperidine rings is 2. The highest BCUT2D eigenvalue weighted by atomic mass is 16.6. The number of carbonyl (C=O) groups excluding carboxylic acids is 3. The lowest BCUT2D eigenvalue weighted by molar-refractivity contribution is -0.151. The molecule has 11 nitrogen and oxygen atoms in total. The summed E-state index contributed by atoms with van der Waals surface area (Å²) in [5, 5.41) is 0. The molecule has 0 radical (unpaired) electrons. The fraction of sp³-hybridized carbons (Fsp3) is 0.515. The zero-order valence-electron chi connectivity index (χ0n) is 26.8. The molecular formula is C33H43N5O6. The second-order valence-electron chi connectivity index (χ2n) is 12.9. The minimum absolute atomic E-state index is 0.0453. The first-order valence-corrected chi connectivity index (χ1v) is 15.2. The molecule has 0 saturated carbocycles. The zero-order chi connectivity index (χ0) is 31.9. The van der Waals surface area contributed by atoms with Gasteiger partial charge in [-0.25, -0.2) is 9.59 Å². The normalized spacial score (nSPS) is 18.2. The number of fused-ring (bicyclic) bond motifs is 1. The molecular weight excluding hydrogens is 562 g/mol. The standard InChI is InChI=1S/C33H43N5O6/c1-21-18-26(36-16-14-23(15-17-36)34(5)32(42)44-33(2,3)4)29-27(19-21)38(31(41)35(29)6)25-12-13-28(39)37(30(25)40)20-22-8-10-24(43-7)11-9-22/h8-11,18-19,23,25H,12-17,20H2,1-7H3. The van der Waals surface area contributed by atoms with E-state index in [1.54, 1.807) is 47.4 Å². The van der Waals surface area contributed by atoms with Crippen LogP contribution < -0.4 is 15.3 Å². The Morgan fingerprint density at radius 3 is 2.30 bits per heavy atom. The second-order valence-corrected chi connectivity index (χ2v) is 12.9. The summed E-state index contributed by atoms with van der Waals surface area (Å²) >= 11 is 0. The van der Waals surface area contributed by atoms with Crippen LogP contribution in [0.4, 0.5) is 10.5 Å². The molecule has 0 aliphatic carbocycles. The van der Waals surface area contributed by atoms with Gasteiger partial charge in [0.1, 0.15) is 17.4 Å². The lowest BCUT2D eigenvalue weighted by Crippen LogP contribution is -2.47. The Kier molecular flexibility index (Phi) is 8.51. The molecule has 3 aromatic rings. The van der Waals surface area contributed by atoms with Crippen molar-refractivity contribution in [3.05, 3.63) is 58.0 Å². The highest BCUT2D eigenvalue weighted by molar-refractivity contribution is 6.00. The zero-order valence-corrected chi connectivity index (χ0v) is 26.8. The summed E-state index contributed by atoms with van der Waals surface area (Å²) in [5.41, 5.74) is 3.28. The fourth-order valence-corrected chi connectivity index (χ4v) is 6.29. The van der Waals surface area contributed by atoms with Gasteiger partial charge in [0.2, 0.25) is 5.91 Å². The van der Waals surface area contributed by atoms with E-state index < -0.39 is 11.6 Å². The Bertz CT molecular complexity index is 1630. The highest BCUT2D eigenvalue weighted by Crippen LogP contribution is 2.34. The Balaban J connectivity index is 1.41. The molecule has 2 aliphatic rings. The summed E-state index contributed by atoms with van der Waals surface area (Å²) in [6.45, 7) is 9.09. The maximum atomic E-state index is 13.8. The summed E-state index contributed by atoms with van der Waals surface area (Å²) in [5.74, 6) is 0.0721. The third-order valence-corrected chi connectivity index (χ3v) is 8.63. The number of imidazole rings is 1. The van der Waals surface area contributed by atoms with E-state index in [2.05, 4.69) is 11.0 Å². The average molecular weight is 606 g/mol. The lowest BCUT2D eigenvalue weighted by atomic mass is 10.0. The number of nitrogens with zero attached hydrogens (tertiary/aromatic N) is 5. The van der Waals surface area contributed by atoms with Gasteiger partial charge in [0.25, 0.3) is 5.91 Å². The van der Waals surface area contributed by atoms with E-state index >= 15 is 0 Å². The highest BCUT2D eigenvalue weighted by Gasteiger charge is 2.38. The van der Waals surface area contributed by atoms with E-state index in [9.17, 15) is 19.2 Å². The van der Waals surface area contributed by atoms with Crippen molar-refractivity contribution in [2.45, 2.75) is 77.6 Å². The topological polar surface area (TPSA) is 106 Å². The number of rotatable bonds is 6. The van der Waals surface area contributed by atoms with Gasteiger partial charge in [0.15, 0.2) is 0 Å². The van der Waals surface area contributed by atoms with Crippen molar-refractivity contribution in [1.29, 1.82) is 0 Å². The largest absolute Gasteiger partial charge is 0.497 e. The SMILES string of the molecule is COc1ccc(CN2C(=O)CCC(n3c(=O)n(C)c4c(N5CCC(N(C)C(=O)OC(C)(C)C)CC5)cc(C)cc43)C2=O)cc1. The third-order valence-electron chi connectivity index (χ3n) is 8.63. The van der Waals surface area contributed by atoms with Gasteiger partial charge in [-0.1, -0.05) is 12.1 Å². The van der Waals surface area contributed by atoms with Crippen LogP contribution in [0, 0.1) is 6.92 Å². The number of hydrogen-bond donors (Lipinski definition) is 0. The van der Waals surface area contributed by atoms with E-state index in [1.165, 1.54) is 4.90 Å². The first-order valence-electron chi connectivity index (χ1n) is 15.2. The number of amides is 3. The Morgan fingerprint density at radius 2 is 1.68 bits per heavy atom. The van der Waals surface area contributed by atoms with Crippen LogP contribution in [0.1, 0.15) is 63.6 Å². The predicted octanol–water partition coefficient (Wildman–Crippen LogP) is 4.38. The molecule has 5 rings (SSSR count). The molecule has 1 aromatic heterocycles. The van der Waals surface area contributed by atoms with E-state index in [1.807, 2.05) is 45.9 Å². The van der Waals surface area contributed by atoms with Gasteiger partial charge in [-0.15, -0.1) is 0 Å². The van der Waals surface area contributed by atoms with Crippen molar-refractivity contribution in [3.8, 4) is 5.75 Å². The first kappa shape index (κ1) is 31.2. The van der Waals surface area contributed by atoms with Gasteiger partial charge in [0.05, 0.1) is 30.4 Å². The second kappa shape index (κ2) is 12.0. The van der Waals surface area contributed by atoms with Crippen molar-refractivity contribution in [2.24, 2.45) is 7.05 Å². The number of aromatic nitrogens is 2. The maximum absolute atomic E-state index is 13.8. The number of methoxy groups -OCH3 is 1. The molecule has 44 heavy (non-hydrogen) atoms. The van der Waals surface area contributed by atoms with Crippen LogP contribution in [0.15, 0.2) is 41.2 Å². The molecule has 0 bridgehead atoms. The van der Waals surface area contributed by atoms with Gasteiger partial charge in [-0.05, 0) is 82.3 Å². The first-order chi connectivity index (χ1) is 20.8. The average Bonchev–Trinajstić information content (AvgIpc) is 3.23. The number of benzene rings is 2. The van der Waals surface area contributed by atoms with Gasteiger partial charge < -0.3 is 19.3 Å². The summed E-state index contributed by atoms with van der Waals surface area (Å²) in [4.78, 5) is 58.4. The molecule has 3 heterocycles. The number of aryl methyl sites for hydroxylation is 2. The van der Waals surface area contributed by atoms with Gasteiger partial charge in [0, 0.05) is 39.6 Å². The molecule has 2 fully saturated rings. The van der Waals surface area contributed by atoms with Gasteiger partial charge in [-0.2, -0.15) is 0 Å². The molecule has 0 spiro atoms. The molecule has 236 valence electrons. The lowest BCUT2D eigenvalue weighted by Gasteiger charge is -2.38. The maximum Gasteiger partial charge on any atom is 0.410 e. The van der Waals surface area contributed by atoms with Gasteiger partial charge in [-0.3, -0.25) is 23.6 Å². The van der Waals surface area contributed by atoms with Crippen molar-refractivity contribution in [2.75, 3.05) is 32.1 Å². The molecule has 3 amide bonds. The summed E-state index contributed by atoms with van der Waals surface area (Å²) in [6, 6.07) is 10.5. The Labute approximate surface area is 257 Å². The van der Waals surface area contributed by atoms with Crippen molar-refractivity contribution in [1.82, 2.24) is 18.9 Å². The Hall–Kier alpha value is -4.28. The monoisotopic (exact) mass is 605 g/mol. The van der Waals surface area contributed by atoms with E-state index in [-0.39, 0.29) is 49.0 Å². The molecule has 2 aliphatic heterocycles. The minimum Gasteiger partial charge on any atom is -0.497 e. The van der Waals surface area contributed by atoms with Crippen LogP contribution in [0.3, 0.4) is 0 Å². The molecule has 2 aromatic carbocycles. The van der Waals surface area contributed by atoms with Crippen LogP contribution in [-0.2, 0) is 27.9 Å². The van der Waals surface area contributed by atoms with Crippen molar-refractivity contribution >= 4 is 34.6 Å². The molecule has 1 atom stereocenters. The van der Waals surface area contributed by atoms with Crippen LogP contribution >= 0.6 is 0 Å². The van der Waals surface area contributed by atoms with Crippen LogP contribution in [0.25, 0.3) is 11.0 Å². The van der Waals surface area contributed by atoms with Crippen LogP contribution in [-0.4, -0.2) is 75.7 Å². The van der Waals surface area contributed by atoms with Crippen LogP contribution in [0.5, 0.6) is 5.75 Å². The number of carbonyl (C=O) groups is 3. The number of ether oxygens (including phenoxy) is 2. The summed E-state index contributed by atoms with van der Waals surface area (Å²) in [7, 11) is 5.10. The molecule has 0 N–H and O–H groups in total. The predicted molar refractivity (Wildman–Crippen MR) is 168 cm³/mol. The molecule has 11 heteroatoms. The summed E-state index contributed by atoms with van der Waals surface area (Å²) in [6.07, 6.45) is 1.62. The van der Waals surface area contributed by atoms with E-state index in [0.29, 0.717) is 24.4 Å². The quantitative estimate of drug-likeness (QED) is 0.384. The van der Waals surface area contributed by atoms with Crippen molar-refractivity contribution in [3.63, 3.8) is 0 Å². The number of anilines is 1. The van der Waals surface area contributed by atoms with E-state index in [4.69, 9.17) is 9.47 Å². The summed E-state index contributed by atoms with van der Waals surface area (Å²) < 4.78 is 14.0. The fourth-order valence-electron chi connectivity index (χ4n) is 6.29. The smallest absolute Gasteiger partial charge is 0.410 e. The number of likely N-dealkylation sites (tertiary alicyclic amines) is 1. The van der Waals surface area contributed by atoms with Crippen LogP contribution in [0.2, 0.25) is 0 Å². The minimum atomic E-state index is -0.787. The Morgan fingerprint density at radius 1 is 1.02 bits per heavy atom.